The van der Waals surface area contributed by atoms with E-state index in [-0.39, 0.29) is 11.2 Å². The van der Waals surface area contributed by atoms with Crippen molar-refractivity contribution in [1.29, 1.82) is 0 Å². The first-order valence-electron chi connectivity index (χ1n) is 13.7. The van der Waals surface area contributed by atoms with Crippen LogP contribution in [0.3, 0.4) is 0 Å². The van der Waals surface area contributed by atoms with Crippen LogP contribution in [0.25, 0.3) is 22.6 Å². The number of halogens is 1. The fourth-order valence-electron chi connectivity index (χ4n) is 4.54. The number of ketones is 1. The summed E-state index contributed by atoms with van der Waals surface area (Å²) in [6, 6.07) is 18.4. The van der Waals surface area contributed by atoms with Gasteiger partial charge >= 0.3 is 5.97 Å². The first-order chi connectivity index (χ1) is 19.6. The molecule has 1 aliphatic rings. The Labute approximate surface area is 254 Å². The Morgan fingerprint density at radius 1 is 1.12 bits per heavy atom. The molecular weight excluding hydrogens is 550 g/mol. The van der Waals surface area contributed by atoms with Gasteiger partial charge in [0.1, 0.15) is 0 Å². The number of aliphatic carboxylic acids is 1. The van der Waals surface area contributed by atoms with Gasteiger partial charge in [0, 0.05) is 16.0 Å². The summed E-state index contributed by atoms with van der Waals surface area (Å²) in [5.74, 6) is 0.0335. The molecule has 6 heteroatoms. The lowest BCUT2D eigenvalue weighted by Gasteiger charge is -2.09. The molecule has 1 fully saturated rings. The van der Waals surface area contributed by atoms with Gasteiger partial charge in [-0.15, -0.1) is 0 Å². The van der Waals surface area contributed by atoms with Crippen LogP contribution in [0.15, 0.2) is 91.1 Å². The largest absolute Gasteiger partial charge is 0.481 e. The number of aromatic nitrogens is 1. The molecule has 0 aliphatic heterocycles. The molecule has 0 spiro atoms. The third kappa shape index (κ3) is 9.87. The van der Waals surface area contributed by atoms with Crippen LogP contribution >= 0.6 is 24.2 Å². The van der Waals surface area contributed by atoms with Gasteiger partial charge in [0.05, 0.1) is 17.6 Å². The lowest BCUT2D eigenvalue weighted by Crippen LogP contribution is -2.09. The molecule has 2 aromatic carbocycles. The number of hydrogen-bond donors (Lipinski definition) is 2. The summed E-state index contributed by atoms with van der Waals surface area (Å²) in [7, 11) is 0. The van der Waals surface area contributed by atoms with E-state index in [0.717, 1.165) is 65.6 Å². The average Bonchev–Trinajstić information content (AvgIpc) is 3.71. The summed E-state index contributed by atoms with van der Waals surface area (Å²) in [5, 5.41) is 10.1. The van der Waals surface area contributed by atoms with Gasteiger partial charge < -0.3 is 5.11 Å². The first kappa shape index (κ1) is 32.1. The van der Waals surface area contributed by atoms with Gasteiger partial charge in [-0.3, -0.25) is 9.59 Å². The highest BCUT2D eigenvalue weighted by Gasteiger charge is 2.42. The molecule has 41 heavy (non-hydrogen) atoms. The van der Waals surface area contributed by atoms with Gasteiger partial charge in [0.25, 0.3) is 0 Å². The maximum absolute atomic E-state index is 11.7. The van der Waals surface area contributed by atoms with E-state index in [1.54, 1.807) is 13.0 Å². The number of allylic oxidation sites excluding steroid dienone is 5. The Bertz CT molecular complexity index is 1500. The number of carboxylic acid groups (broad SMARTS) is 1. The Morgan fingerprint density at radius 3 is 2.46 bits per heavy atom. The molecule has 0 bridgehead atoms. The number of carboxylic acids is 1. The van der Waals surface area contributed by atoms with E-state index >= 15 is 0 Å². The smallest absolute Gasteiger partial charge is 0.303 e. The van der Waals surface area contributed by atoms with Crippen molar-refractivity contribution in [3.05, 3.63) is 113 Å². The van der Waals surface area contributed by atoms with Crippen molar-refractivity contribution < 1.29 is 14.7 Å². The Hall–Kier alpha value is -3.41. The van der Waals surface area contributed by atoms with Crippen molar-refractivity contribution in [2.45, 2.75) is 52.4 Å². The minimum atomic E-state index is -0.693. The molecule has 1 aromatic heterocycles. The summed E-state index contributed by atoms with van der Waals surface area (Å²) >= 11 is 10.2. The number of carbonyl (C=O) groups excluding carboxylic acids is 1. The van der Waals surface area contributed by atoms with Crippen molar-refractivity contribution in [3.63, 3.8) is 0 Å². The van der Waals surface area contributed by atoms with Gasteiger partial charge in [-0.2, -0.15) is 12.6 Å². The molecule has 3 aromatic rings. The van der Waals surface area contributed by atoms with Gasteiger partial charge in [0.2, 0.25) is 0 Å². The van der Waals surface area contributed by atoms with Crippen LogP contribution in [0.1, 0.15) is 62.8 Å². The number of rotatable bonds is 12. The average molecular weight is 588 g/mol. The third-order valence-electron chi connectivity index (χ3n) is 7.28. The molecule has 1 aliphatic carbocycles. The van der Waals surface area contributed by atoms with Gasteiger partial charge in [-0.1, -0.05) is 73.3 Å². The molecule has 0 radical (unpaired) electrons. The van der Waals surface area contributed by atoms with E-state index in [4.69, 9.17) is 21.7 Å². The number of thiol groups is 1. The summed E-state index contributed by atoms with van der Waals surface area (Å²) in [6.07, 6.45) is 10.7. The van der Waals surface area contributed by atoms with Crippen molar-refractivity contribution in [2.24, 2.45) is 5.41 Å². The Balaban J connectivity index is 0.000000436. The maximum Gasteiger partial charge on any atom is 0.303 e. The molecular formula is C35H38ClNO3S. The van der Waals surface area contributed by atoms with E-state index in [0.29, 0.717) is 17.0 Å². The number of benzene rings is 2. The number of nitrogens with zero attached hydrogens (tertiary/aromatic N) is 1. The van der Waals surface area contributed by atoms with E-state index in [9.17, 15) is 9.59 Å². The van der Waals surface area contributed by atoms with E-state index in [2.05, 4.69) is 69.1 Å². The van der Waals surface area contributed by atoms with Crippen molar-refractivity contribution in [1.82, 2.24) is 4.98 Å². The van der Waals surface area contributed by atoms with Gasteiger partial charge in [-0.05, 0) is 104 Å². The zero-order chi connectivity index (χ0) is 30.0. The van der Waals surface area contributed by atoms with Crippen LogP contribution < -0.4 is 0 Å². The van der Waals surface area contributed by atoms with Crippen LogP contribution in [0.4, 0.5) is 0 Å². The van der Waals surface area contributed by atoms with E-state index < -0.39 is 5.97 Å². The van der Waals surface area contributed by atoms with E-state index in [1.165, 1.54) is 11.1 Å². The second-order valence-corrected chi connectivity index (χ2v) is 11.4. The molecule has 4 rings (SSSR count). The molecule has 0 atom stereocenters. The molecule has 1 heterocycles. The summed E-state index contributed by atoms with van der Waals surface area (Å²) < 4.78 is 0. The highest BCUT2D eigenvalue weighted by Crippen LogP contribution is 2.49. The van der Waals surface area contributed by atoms with Gasteiger partial charge in [0.15, 0.2) is 5.78 Å². The highest BCUT2D eigenvalue weighted by atomic mass is 35.5. The zero-order valence-corrected chi connectivity index (χ0v) is 25.5. The third-order valence-corrected chi connectivity index (χ3v) is 8.19. The molecule has 0 unspecified atom stereocenters. The monoisotopic (exact) mass is 587 g/mol. The number of aryl methyl sites for hydroxylation is 1. The second-order valence-electron chi connectivity index (χ2n) is 10.6. The zero-order valence-electron chi connectivity index (χ0n) is 23.8. The number of fused-ring (bicyclic) bond motifs is 1. The predicted molar refractivity (Wildman–Crippen MR) is 176 cm³/mol. The maximum atomic E-state index is 11.7. The number of carbonyl (C=O) groups is 2. The fraction of sp³-hybridized carbons (Fsp3) is 0.286. The second kappa shape index (κ2) is 15.0. The Kier molecular flexibility index (Phi) is 11.7. The fourth-order valence-corrected chi connectivity index (χ4v) is 5.13. The van der Waals surface area contributed by atoms with Crippen LogP contribution in [0.2, 0.25) is 5.02 Å². The molecule has 0 saturated heterocycles. The minimum absolute atomic E-state index is 0.00503. The van der Waals surface area contributed by atoms with E-state index in [1.807, 2.05) is 30.3 Å². The van der Waals surface area contributed by atoms with Crippen molar-refractivity contribution >= 4 is 58.5 Å². The summed E-state index contributed by atoms with van der Waals surface area (Å²) in [5.41, 5.74) is 7.00. The first-order valence-corrected chi connectivity index (χ1v) is 14.8. The van der Waals surface area contributed by atoms with Crippen LogP contribution in [0.5, 0.6) is 0 Å². The number of Topliss-reactive ketones (excluding diaryl/α,β-unsaturated/α-hetero) is 1. The SMILES string of the molecule is C=C/C=C(/CCCc1cccc(/C(C)=C/c2ccc3ccc(Cl)cc3n2)c1)C(=C)C(C)=O.O=C(O)CC1(CS)CC1. The van der Waals surface area contributed by atoms with Crippen LogP contribution in [0, 0.1) is 5.41 Å². The normalized spacial score (nSPS) is 14.1. The molecule has 214 valence electrons. The minimum Gasteiger partial charge on any atom is -0.481 e. The molecule has 4 nitrogen and oxygen atoms in total. The van der Waals surface area contributed by atoms with Crippen LogP contribution in [-0.4, -0.2) is 27.6 Å². The quantitative estimate of drug-likeness (QED) is 0.126. The molecule has 0 amide bonds. The number of pyridine rings is 1. The highest BCUT2D eigenvalue weighted by molar-refractivity contribution is 7.80. The summed E-state index contributed by atoms with van der Waals surface area (Å²) in [6.45, 7) is 11.3. The standard InChI is InChI=1S/C29H28ClNO.C6H10O2S/c1-5-8-24(21(3)22(4)32)11-6-9-23-10-7-12-26(18-23)20(2)17-28-16-14-25-13-15-27(30)19-29(25)31-28;7-5(8)3-6(4-9)1-2-6/h5,7-8,10,12-19H,1,3,6,9,11H2,2,4H3;9H,1-4H2,(H,7,8)/b20-17+,24-8-;. The van der Waals surface area contributed by atoms with Gasteiger partial charge in [-0.25, -0.2) is 4.98 Å². The lowest BCUT2D eigenvalue weighted by molar-refractivity contribution is -0.138. The topological polar surface area (TPSA) is 67.3 Å². The summed E-state index contributed by atoms with van der Waals surface area (Å²) in [4.78, 5) is 26.6. The van der Waals surface area contributed by atoms with Crippen molar-refractivity contribution in [3.8, 4) is 0 Å². The predicted octanol–water partition coefficient (Wildman–Crippen LogP) is 9.20. The lowest BCUT2D eigenvalue weighted by atomic mass is 9.95. The molecule has 1 saturated carbocycles. The molecule has 1 N–H and O–H groups in total. The van der Waals surface area contributed by atoms with Crippen LogP contribution in [-0.2, 0) is 16.0 Å². The van der Waals surface area contributed by atoms with Crippen molar-refractivity contribution in [2.75, 3.05) is 5.75 Å². The number of hydrogen-bond acceptors (Lipinski definition) is 4. The Morgan fingerprint density at radius 2 is 1.85 bits per heavy atom.